The molecule has 0 saturated heterocycles. The Morgan fingerprint density at radius 2 is 2.23 bits per heavy atom. The first-order chi connectivity index (χ1) is 10.8. The zero-order valence-electron chi connectivity index (χ0n) is 12.0. The van der Waals surface area contributed by atoms with Gasteiger partial charge >= 0.3 is 0 Å². The maximum atomic E-state index is 12.3. The van der Waals surface area contributed by atoms with Crippen LogP contribution < -0.4 is 5.32 Å². The maximum absolute atomic E-state index is 12.3. The van der Waals surface area contributed by atoms with Gasteiger partial charge in [0.15, 0.2) is 5.58 Å². The SMILES string of the molecule is O=C(Cc1noc2ccccc12)NC1CCCc2occc21. The molecule has 0 radical (unpaired) electrons. The summed E-state index contributed by atoms with van der Waals surface area (Å²) in [5.74, 6) is 0.946. The molecule has 1 aromatic carbocycles. The Kier molecular flexibility index (Phi) is 3.18. The standard InChI is InChI=1S/C17H16N2O3/c20-17(10-14-11-4-1-2-6-16(11)22-19-14)18-13-5-3-7-15-12(13)8-9-21-15/h1-2,4,6,8-9,13H,3,5,7,10H2,(H,18,20). The summed E-state index contributed by atoms with van der Waals surface area (Å²) in [5, 5.41) is 7.99. The van der Waals surface area contributed by atoms with Crippen LogP contribution in [0.5, 0.6) is 0 Å². The number of nitrogens with zero attached hydrogens (tertiary/aromatic N) is 1. The number of para-hydroxylation sites is 1. The number of hydrogen-bond acceptors (Lipinski definition) is 4. The van der Waals surface area contributed by atoms with Crippen LogP contribution >= 0.6 is 0 Å². The third-order valence-electron chi connectivity index (χ3n) is 4.17. The minimum atomic E-state index is -0.0434. The van der Waals surface area contributed by atoms with Gasteiger partial charge < -0.3 is 14.3 Å². The zero-order valence-corrected chi connectivity index (χ0v) is 12.0. The van der Waals surface area contributed by atoms with Crippen LogP contribution in [0.15, 0.2) is 45.5 Å². The van der Waals surface area contributed by atoms with E-state index < -0.39 is 0 Å². The highest BCUT2D eigenvalue weighted by molar-refractivity contribution is 5.86. The van der Waals surface area contributed by atoms with E-state index in [9.17, 15) is 4.79 Å². The molecule has 1 atom stereocenters. The molecule has 0 bridgehead atoms. The van der Waals surface area contributed by atoms with Crippen molar-refractivity contribution in [3.05, 3.63) is 53.6 Å². The molecule has 1 N–H and O–H groups in total. The number of fused-ring (bicyclic) bond motifs is 2. The van der Waals surface area contributed by atoms with E-state index in [0.717, 1.165) is 36.0 Å². The number of carbonyl (C=O) groups excluding carboxylic acids is 1. The van der Waals surface area contributed by atoms with Crippen molar-refractivity contribution in [2.75, 3.05) is 0 Å². The van der Waals surface area contributed by atoms with E-state index in [4.69, 9.17) is 8.94 Å². The lowest BCUT2D eigenvalue weighted by molar-refractivity contribution is -0.121. The largest absolute Gasteiger partial charge is 0.469 e. The fraction of sp³-hybridized carbons (Fsp3) is 0.294. The van der Waals surface area contributed by atoms with Gasteiger partial charge in [0.05, 0.1) is 18.7 Å². The van der Waals surface area contributed by atoms with Crippen molar-refractivity contribution in [1.82, 2.24) is 10.5 Å². The fourth-order valence-electron chi connectivity index (χ4n) is 3.10. The summed E-state index contributed by atoms with van der Waals surface area (Å²) in [6.07, 6.45) is 4.83. The van der Waals surface area contributed by atoms with E-state index >= 15 is 0 Å². The predicted molar refractivity (Wildman–Crippen MR) is 80.2 cm³/mol. The second-order valence-electron chi connectivity index (χ2n) is 5.61. The van der Waals surface area contributed by atoms with Crippen LogP contribution in [0.3, 0.4) is 0 Å². The molecule has 5 heteroatoms. The summed E-state index contributed by atoms with van der Waals surface area (Å²) in [6, 6.07) is 9.56. The average Bonchev–Trinajstić information content (AvgIpc) is 3.15. The average molecular weight is 296 g/mol. The third-order valence-corrected chi connectivity index (χ3v) is 4.17. The van der Waals surface area contributed by atoms with Crippen LogP contribution in [0.4, 0.5) is 0 Å². The van der Waals surface area contributed by atoms with Crippen molar-refractivity contribution in [1.29, 1.82) is 0 Å². The highest BCUT2D eigenvalue weighted by Gasteiger charge is 2.24. The molecule has 5 nitrogen and oxygen atoms in total. The van der Waals surface area contributed by atoms with Gasteiger partial charge in [-0.15, -0.1) is 0 Å². The first kappa shape index (κ1) is 13.1. The van der Waals surface area contributed by atoms with Crippen LogP contribution in [0.2, 0.25) is 0 Å². The molecule has 112 valence electrons. The van der Waals surface area contributed by atoms with Gasteiger partial charge in [-0.3, -0.25) is 4.79 Å². The lowest BCUT2D eigenvalue weighted by Crippen LogP contribution is -2.31. The van der Waals surface area contributed by atoms with E-state index in [1.807, 2.05) is 30.3 Å². The summed E-state index contributed by atoms with van der Waals surface area (Å²) in [6.45, 7) is 0. The highest BCUT2D eigenvalue weighted by Crippen LogP contribution is 2.30. The van der Waals surface area contributed by atoms with Crippen molar-refractivity contribution < 1.29 is 13.7 Å². The van der Waals surface area contributed by atoms with Crippen molar-refractivity contribution in [3.8, 4) is 0 Å². The summed E-state index contributed by atoms with van der Waals surface area (Å²) in [4.78, 5) is 12.3. The minimum Gasteiger partial charge on any atom is -0.469 e. The number of amides is 1. The van der Waals surface area contributed by atoms with Crippen molar-refractivity contribution in [3.63, 3.8) is 0 Å². The van der Waals surface area contributed by atoms with E-state index in [1.54, 1.807) is 6.26 Å². The van der Waals surface area contributed by atoms with Crippen LogP contribution in [0, 0.1) is 0 Å². The first-order valence-electron chi connectivity index (χ1n) is 7.50. The summed E-state index contributed by atoms with van der Waals surface area (Å²) in [7, 11) is 0. The van der Waals surface area contributed by atoms with E-state index in [1.165, 1.54) is 0 Å². The first-order valence-corrected chi connectivity index (χ1v) is 7.50. The molecule has 22 heavy (non-hydrogen) atoms. The van der Waals surface area contributed by atoms with Gasteiger partial charge in [-0.05, 0) is 31.0 Å². The number of hydrogen-bond donors (Lipinski definition) is 1. The summed E-state index contributed by atoms with van der Waals surface area (Å²) in [5.41, 5.74) is 2.49. The summed E-state index contributed by atoms with van der Waals surface area (Å²) >= 11 is 0. The Morgan fingerprint density at radius 3 is 3.18 bits per heavy atom. The molecular weight excluding hydrogens is 280 g/mol. The van der Waals surface area contributed by atoms with Crippen molar-refractivity contribution in [2.45, 2.75) is 31.7 Å². The molecule has 1 aliphatic rings. The molecular formula is C17H16N2O3. The third kappa shape index (κ3) is 2.28. The van der Waals surface area contributed by atoms with E-state index in [0.29, 0.717) is 11.3 Å². The van der Waals surface area contributed by atoms with Crippen LogP contribution in [0.1, 0.15) is 35.9 Å². The smallest absolute Gasteiger partial charge is 0.226 e. The Balaban J connectivity index is 1.50. The number of nitrogens with one attached hydrogen (secondary N) is 1. The quantitative estimate of drug-likeness (QED) is 0.806. The normalized spacial score (nSPS) is 17.4. The number of aromatic nitrogens is 1. The predicted octanol–water partition coefficient (Wildman–Crippen LogP) is 3.16. The molecule has 4 rings (SSSR count). The van der Waals surface area contributed by atoms with Gasteiger partial charge in [0.2, 0.25) is 5.91 Å². The van der Waals surface area contributed by atoms with Gasteiger partial charge in [-0.1, -0.05) is 17.3 Å². The molecule has 0 aliphatic heterocycles. The molecule has 0 spiro atoms. The van der Waals surface area contributed by atoms with Crippen LogP contribution in [-0.4, -0.2) is 11.1 Å². The highest BCUT2D eigenvalue weighted by atomic mass is 16.5. The monoisotopic (exact) mass is 296 g/mol. The van der Waals surface area contributed by atoms with E-state index in [2.05, 4.69) is 10.5 Å². The number of benzene rings is 1. The van der Waals surface area contributed by atoms with E-state index in [-0.39, 0.29) is 18.4 Å². The zero-order chi connectivity index (χ0) is 14.9. The molecule has 1 unspecified atom stereocenters. The molecule has 3 aromatic rings. The molecule has 0 fully saturated rings. The lowest BCUT2D eigenvalue weighted by atomic mass is 9.93. The Hall–Kier alpha value is -2.56. The van der Waals surface area contributed by atoms with Crippen molar-refractivity contribution >= 4 is 16.9 Å². The number of carbonyl (C=O) groups is 1. The topological polar surface area (TPSA) is 68.3 Å². The van der Waals surface area contributed by atoms with Gasteiger partial charge in [-0.25, -0.2) is 0 Å². The molecule has 1 amide bonds. The second kappa shape index (κ2) is 5.33. The molecule has 2 aromatic heterocycles. The van der Waals surface area contributed by atoms with Gasteiger partial charge in [0.25, 0.3) is 0 Å². The fourth-order valence-corrected chi connectivity index (χ4v) is 3.10. The van der Waals surface area contributed by atoms with Crippen LogP contribution in [0.25, 0.3) is 11.0 Å². The Bertz CT molecular complexity index is 818. The molecule has 2 heterocycles. The summed E-state index contributed by atoms with van der Waals surface area (Å²) < 4.78 is 10.7. The number of aryl methyl sites for hydroxylation is 1. The molecule has 0 saturated carbocycles. The number of rotatable bonds is 3. The minimum absolute atomic E-state index is 0.0353. The lowest BCUT2D eigenvalue weighted by Gasteiger charge is -2.22. The molecule has 1 aliphatic carbocycles. The number of furan rings is 1. The Morgan fingerprint density at radius 1 is 1.32 bits per heavy atom. The van der Waals surface area contributed by atoms with Gasteiger partial charge in [0.1, 0.15) is 11.5 Å². The van der Waals surface area contributed by atoms with Gasteiger partial charge in [0, 0.05) is 17.4 Å². The van der Waals surface area contributed by atoms with Gasteiger partial charge in [-0.2, -0.15) is 0 Å². The van der Waals surface area contributed by atoms with Crippen LogP contribution in [-0.2, 0) is 17.6 Å². The maximum Gasteiger partial charge on any atom is 0.226 e. The Labute approximate surface area is 127 Å². The van der Waals surface area contributed by atoms with Crippen molar-refractivity contribution in [2.24, 2.45) is 0 Å². The second-order valence-corrected chi connectivity index (χ2v) is 5.61.